The van der Waals surface area contributed by atoms with Crippen molar-refractivity contribution in [2.45, 2.75) is 10.4 Å². The van der Waals surface area contributed by atoms with Gasteiger partial charge in [0.2, 0.25) is 0 Å². The molecule has 0 bridgehead atoms. The minimum absolute atomic E-state index is 0.346. The number of aromatic nitrogens is 1. The van der Waals surface area contributed by atoms with Gasteiger partial charge in [-0.1, -0.05) is 11.8 Å². The molecule has 1 saturated heterocycles. The lowest BCUT2D eigenvalue weighted by Crippen LogP contribution is -1.89. The molecule has 1 N–H and O–H groups in total. The highest BCUT2D eigenvalue weighted by Crippen LogP contribution is 2.33. The van der Waals surface area contributed by atoms with Gasteiger partial charge in [0, 0.05) is 11.1 Å². The number of thioether (sulfide) groups is 1. The van der Waals surface area contributed by atoms with Gasteiger partial charge in [0.1, 0.15) is 4.88 Å². The molecule has 2 aromatic rings. The first-order valence-electron chi connectivity index (χ1n) is 5.26. The Morgan fingerprint density at radius 3 is 3.11 bits per heavy atom. The molecule has 0 aromatic carbocycles. The van der Waals surface area contributed by atoms with Gasteiger partial charge < -0.3 is 9.84 Å². The van der Waals surface area contributed by atoms with Crippen LogP contribution >= 0.6 is 34.4 Å². The summed E-state index contributed by atoms with van der Waals surface area (Å²) in [7, 11) is 0. The summed E-state index contributed by atoms with van der Waals surface area (Å²) in [6, 6.07) is 3.42. The first kappa shape index (κ1) is 12.2. The number of carboxylic acids is 1. The molecule has 3 heterocycles. The second-order valence-corrected chi connectivity index (χ2v) is 6.94. The third-order valence-electron chi connectivity index (χ3n) is 2.35. The molecular formula is C11H9NO3S3. The lowest BCUT2D eigenvalue weighted by molar-refractivity contribution is 0.0702. The van der Waals surface area contributed by atoms with Crippen molar-refractivity contribution in [1.29, 1.82) is 0 Å². The largest absolute Gasteiger partial charge is 0.477 e. The van der Waals surface area contributed by atoms with E-state index in [2.05, 4.69) is 4.98 Å². The molecule has 0 spiro atoms. The van der Waals surface area contributed by atoms with Crippen LogP contribution in [0.15, 0.2) is 21.9 Å². The van der Waals surface area contributed by atoms with E-state index in [1.165, 1.54) is 11.3 Å². The van der Waals surface area contributed by atoms with Gasteiger partial charge in [-0.05, 0) is 12.1 Å². The summed E-state index contributed by atoms with van der Waals surface area (Å²) in [6.07, 6.45) is 0.391. The third kappa shape index (κ3) is 2.74. The van der Waals surface area contributed by atoms with E-state index < -0.39 is 5.97 Å². The molecule has 0 saturated carbocycles. The van der Waals surface area contributed by atoms with E-state index >= 15 is 0 Å². The molecule has 1 atom stereocenters. The van der Waals surface area contributed by atoms with Crippen LogP contribution in [0.25, 0.3) is 10.6 Å². The molecule has 1 aliphatic rings. The van der Waals surface area contributed by atoms with Crippen molar-refractivity contribution < 1.29 is 14.6 Å². The van der Waals surface area contributed by atoms with Crippen molar-refractivity contribution in [1.82, 2.24) is 4.98 Å². The Kier molecular flexibility index (Phi) is 3.38. The van der Waals surface area contributed by atoms with Crippen LogP contribution in [0, 0.1) is 0 Å². The molecule has 1 unspecified atom stereocenters. The van der Waals surface area contributed by atoms with E-state index in [1.54, 1.807) is 29.2 Å². The number of thiophene rings is 1. The summed E-state index contributed by atoms with van der Waals surface area (Å²) in [5.74, 6) is 0.0552. The van der Waals surface area contributed by atoms with Crippen molar-refractivity contribution in [3.05, 3.63) is 22.4 Å². The molecule has 2 aromatic heterocycles. The summed E-state index contributed by atoms with van der Waals surface area (Å²) in [5.41, 5.74) is 0.858. The quantitative estimate of drug-likeness (QED) is 0.679. The molecular weight excluding hydrogens is 290 g/mol. The number of hydrogen-bond acceptors (Lipinski definition) is 6. The first-order chi connectivity index (χ1) is 8.72. The van der Waals surface area contributed by atoms with Gasteiger partial charge in [-0.25, -0.2) is 9.78 Å². The van der Waals surface area contributed by atoms with Crippen molar-refractivity contribution >= 4 is 40.4 Å². The lowest BCUT2D eigenvalue weighted by Gasteiger charge is -1.91. The first-order valence-corrected chi connectivity index (χ1v) is 7.94. The van der Waals surface area contributed by atoms with Crippen LogP contribution in [0.2, 0.25) is 0 Å². The molecule has 0 radical (unpaired) electrons. The highest BCUT2D eigenvalue weighted by Gasteiger charge is 2.23. The van der Waals surface area contributed by atoms with Crippen LogP contribution in [0.5, 0.6) is 0 Å². The minimum Gasteiger partial charge on any atom is -0.477 e. The van der Waals surface area contributed by atoms with Crippen LogP contribution in [0.1, 0.15) is 9.67 Å². The Bertz CT molecular complexity index is 574. The van der Waals surface area contributed by atoms with E-state index in [0.29, 0.717) is 11.0 Å². The lowest BCUT2D eigenvalue weighted by atomic mass is 10.4. The van der Waals surface area contributed by atoms with Crippen LogP contribution in [0.4, 0.5) is 0 Å². The molecule has 0 aliphatic carbocycles. The Morgan fingerprint density at radius 2 is 2.44 bits per heavy atom. The van der Waals surface area contributed by atoms with Gasteiger partial charge in [0.25, 0.3) is 0 Å². The van der Waals surface area contributed by atoms with E-state index in [9.17, 15) is 4.79 Å². The fraction of sp³-hybridized carbons (Fsp3) is 0.273. The zero-order valence-electron chi connectivity index (χ0n) is 9.16. The number of thiazole rings is 1. The fourth-order valence-corrected chi connectivity index (χ4v) is 4.08. The normalized spacial score (nSPS) is 17.9. The fourth-order valence-electron chi connectivity index (χ4n) is 1.36. The van der Waals surface area contributed by atoms with Gasteiger partial charge in [-0.15, -0.1) is 22.7 Å². The van der Waals surface area contributed by atoms with Crippen LogP contribution in [-0.4, -0.2) is 34.5 Å². The highest BCUT2D eigenvalue weighted by molar-refractivity contribution is 8.01. The molecule has 4 nitrogen and oxygen atoms in total. The summed E-state index contributed by atoms with van der Waals surface area (Å²) in [6.45, 7) is 0.859. The number of rotatable bonds is 5. The van der Waals surface area contributed by atoms with E-state index in [1.807, 2.05) is 11.4 Å². The predicted molar refractivity (Wildman–Crippen MR) is 72.9 cm³/mol. The molecule has 94 valence electrons. The average Bonchev–Trinajstić information content (AvgIpc) is 2.88. The van der Waals surface area contributed by atoms with Gasteiger partial charge >= 0.3 is 5.97 Å². The molecule has 3 rings (SSSR count). The maximum Gasteiger partial charge on any atom is 0.345 e. The Balaban J connectivity index is 1.72. The van der Waals surface area contributed by atoms with Crippen molar-refractivity contribution in [2.24, 2.45) is 0 Å². The Hall–Kier alpha value is -0.890. The van der Waals surface area contributed by atoms with Gasteiger partial charge in [0.15, 0.2) is 4.34 Å². The SMILES string of the molecule is O=C(O)c1ccc(-c2csc(SCC3CO3)n2)s1. The molecule has 0 amide bonds. The van der Waals surface area contributed by atoms with E-state index in [4.69, 9.17) is 9.84 Å². The standard InChI is InChI=1S/C11H9NO3S3/c13-10(14)9-2-1-8(18-9)7-5-17-11(12-7)16-4-6-3-15-6/h1-2,5-6H,3-4H2,(H,13,14). The summed E-state index contributed by atoms with van der Waals surface area (Å²) in [4.78, 5) is 16.6. The number of carboxylic acid groups (broad SMARTS) is 1. The molecule has 1 fully saturated rings. The number of carbonyl (C=O) groups is 1. The van der Waals surface area contributed by atoms with Gasteiger partial charge in [-0.2, -0.15) is 0 Å². The average molecular weight is 299 g/mol. The van der Waals surface area contributed by atoms with Gasteiger partial charge in [0.05, 0.1) is 23.3 Å². The summed E-state index contributed by atoms with van der Waals surface area (Å²) >= 11 is 4.53. The minimum atomic E-state index is -0.887. The number of epoxide rings is 1. The topological polar surface area (TPSA) is 62.7 Å². The van der Waals surface area contributed by atoms with Gasteiger partial charge in [-0.3, -0.25) is 0 Å². The van der Waals surface area contributed by atoms with Crippen LogP contribution in [0.3, 0.4) is 0 Å². The monoisotopic (exact) mass is 299 g/mol. The van der Waals surface area contributed by atoms with Crippen molar-refractivity contribution in [3.63, 3.8) is 0 Å². The second kappa shape index (κ2) is 5.00. The Labute approximate surface area is 116 Å². The second-order valence-electron chi connectivity index (χ2n) is 3.73. The third-order valence-corrected chi connectivity index (χ3v) is 5.60. The number of hydrogen-bond donors (Lipinski definition) is 1. The Morgan fingerprint density at radius 1 is 1.61 bits per heavy atom. The van der Waals surface area contributed by atoms with E-state index in [-0.39, 0.29) is 0 Å². The van der Waals surface area contributed by atoms with E-state index in [0.717, 1.165) is 27.3 Å². The maximum atomic E-state index is 10.8. The van der Waals surface area contributed by atoms with Crippen molar-refractivity contribution in [2.75, 3.05) is 12.4 Å². The van der Waals surface area contributed by atoms with Crippen LogP contribution in [-0.2, 0) is 4.74 Å². The molecule has 1 aliphatic heterocycles. The molecule has 18 heavy (non-hydrogen) atoms. The number of ether oxygens (including phenoxy) is 1. The maximum absolute atomic E-state index is 10.8. The summed E-state index contributed by atoms with van der Waals surface area (Å²) in [5, 5.41) is 10.8. The highest BCUT2D eigenvalue weighted by atomic mass is 32.2. The molecule has 7 heteroatoms. The van der Waals surface area contributed by atoms with Crippen molar-refractivity contribution in [3.8, 4) is 10.6 Å². The predicted octanol–water partition coefficient (Wildman–Crippen LogP) is 3.06. The summed E-state index contributed by atoms with van der Waals surface area (Å²) < 4.78 is 6.15. The number of aromatic carboxylic acids is 1. The number of nitrogens with zero attached hydrogens (tertiary/aromatic N) is 1. The zero-order valence-corrected chi connectivity index (χ0v) is 11.6. The zero-order chi connectivity index (χ0) is 12.5. The van der Waals surface area contributed by atoms with Crippen LogP contribution < -0.4 is 0 Å². The smallest absolute Gasteiger partial charge is 0.345 e.